The molecule has 0 spiro atoms. The van der Waals surface area contributed by atoms with Crippen molar-refractivity contribution < 1.29 is 9.59 Å². The summed E-state index contributed by atoms with van der Waals surface area (Å²) >= 11 is 0. The lowest BCUT2D eigenvalue weighted by molar-refractivity contribution is -0.123. The topological polar surface area (TPSA) is 58.2 Å². The number of carbonyl (C=O) groups is 2. The molecule has 0 aliphatic rings. The standard InChI is InChI=1S/C24H49NO.C9H19NO/c1-7-14-21(15-8-2)18-13-19-22(16-9-3)17-11-10-12-20-23(26)25-24(4,5)6;1-4-5-9(11)10-7-6-8(2)3/h21-22H,7-20H2,1-6H3,(H,25,26);8H,4-7H2,1-3H3,(H,10,11). The summed E-state index contributed by atoms with van der Waals surface area (Å²) in [5.41, 5.74) is -0.100. The quantitative estimate of drug-likeness (QED) is 0.147. The number of nitrogens with one attached hydrogen (secondary N) is 2. The van der Waals surface area contributed by atoms with Crippen LogP contribution in [0.2, 0.25) is 0 Å². The fourth-order valence-corrected chi connectivity index (χ4v) is 4.98. The Balaban J connectivity index is 0. The van der Waals surface area contributed by atoms with Crippen molar-refractivity contribution in [1.82, 2.24) is 10.6 Å². The molecule has 2 N–H and O–H groups in total. The van der Waals surface area contributed by atoms with E-state index in [4.69, 9.17) is 0 Å². The number of hydrogen-bond donors (Lipinski definition) is 2. The van der Waals surface area contributed by atoms with Crippen LogP contribution in [0.15, 0.2) is 0 Å². The molecule has 0 fully saturated rings. The van der Waals surface area contributed by atoms with E-state index >= 15 is 0 Å². The second-order valence-corrected chi connectivity index (χ2v) is 12.7. The molecule has 0 bridgehead atoms. The van der Waals surface area contributed by atoms with Crippen LogP contribution in [-0.4, -0.2) is 23.9 Å². The van der Waals surface area contributed by atoms with Crippen molar-refractivity contribution in [2.45, 2.75) is 177 Å². The minimum absolute atomic E-state index is 0.100. The molecular weight excluding hydrogens is 456 g/mol. The first kappa shape index (κ1) is 38.1. The van der Waals surface area contributed by atoms with Gasteiger partial charge in [0.15, 0.2) is 0 Å². The molecule has 0 aromatic carbocycles. The zero-order valence-corrected chi connectivity index (χ0v) is 26.8. The molecule has 222 valence electrons. The summed E-state index contributed by atoms with van der Waals surface area (Å²) < 4.78 is 0. The molecule has 4 nitrogen and oxygen atoms in total. The van der Waals surface area contributed by atoms with E-state index in [0.717, 1.165) is 37.6 Å². The summed E-state index contributed by atoms with van der Waals surface area (Å²) in [6.45, 7) is 20.3. The lowest BCUT2D eigenvalue weighted by atomic mass is 9.87. The molecule has 0 aromatic rings. The SMILES string of the molecule is CCCC(=O)NCCC(C)C.CCCC(CCC)CCCC(CCC)CCCCCC(=O)NC(C)(C)C. The Morgan fingerprint density at radius 2 is 1.11 bits per heavy atom. The normalized spacial score (nSPS) is 12.3. The molecule has 0 aliphatic heterocycles. The Labute approximate surface area is 233 Å². The Kier molecular flexibility index (Phi) is 26.0. The molecule has 0 saturated heterocycles. The molecule has 1 atom stereocenters. The lowest BCUT2D eigenvalue weighted by Crippen LogP contribution is -2.40. The largest absolute Gasteiger partial charge is 0.356 e. The van der Waals surface area contributed by atoms with Crippen LogP contribution in [0.25, 0.3) is 0 Å². The summed E-state index contributed by atoms with van der Waals surface area (Å²) in [7, 11) is 0. The van der Waals surface area contributed by atoms with Gasteiger partial charge in [-0.3, -0.25) is 9.59 Å². The first-order chi connectivity index (χ1) is 17.5. The summed E-state index contributed by atoms with van der Waals surface area (Å²) in [6, 6.07) is 0. The average Bonchev–Trinajstić information content (AvgIpc) is 2.78. The van der Waals surface area contributed by atoms with Crippen LogP contribution in [-0.2, 0) is 9.59 Å². The van der Waals surface area contributed by atoms with E-state index in [1.54, 1.807) is 0 Å². The molecule has 37 heavy (non-hydrogen) atoms. The van der Waals surface area contributed by atoms with E-state index in [-0.39, 0.29) is 17.4 Å². The molecule has 0 aromatic heterocycles. The predicted octanol–water partition coefficient (Wildman–Crippen LogP) is 9.60. The maximum absolute atomic E-state index is 11.9. The molecule has 1 unspecified atom stereocenters. The van der Waals surface area contributed by atoms with Crippen molar-refractivity contribution in [1.29, 1.82) is 0 Å². The van der Waals surface area contributed by atoms with Crippen molar-refractivity contribution >= 4 is 11.8 Å². The first-order valence-corrected chi connectivity index (χ1v) is 16.1. The van der Waals surface area contributed by atoms with Gasteiger partial charge >= 0.3 is 0 Å². The van der Waals surface area contributed by atoms with Gasteiger partial charge in [-0.25, -0.2) is 0 Å². The van der Waals surface area contributed by atoms with E-state index in [0.29, 0.717) is 18.8 Å². The highest BCUT2D eigenvalue weighted by atomic mass is 16.2. The molecule has 0 heterocycles. The van der Waals surface area contributed by atoms with Crippen LogP contribution >= 0.6 is 0 Å². The van der Waals surface area contributed by atoms with Crippen LogP contribution in [0.4, 0.5) is 0 Å². The van der Waals surface area contributed by atoms with Crippen LogP contribution in [0.1, 0.15) is 171 Å². The van der Waals surface area contributed by atoms with E-state index in [2.05, 4.69) is 45.3 Å². The third-order valence-electron chi connectivity index (χ3n) is 6.87. The van der Waals surface area contributed by atoms with Crippen molar-refractivity contribution in [3.8, 4) is 0 Å². The molecule has 0 radical (unpaired) electrons. The van der Waals surface area contributed by atoms with E-state index < -0.39 is 0 Å². The summed E-state index contributed by atoms with van der Waals surface area (Å²) in [6.07, 6.45) is 20.8. The Morgan fingerprint density at radius 3 is 1.57 bits per heavy atom. The van der Waals surface area contributed by atoms with Crippen molar-refractivity contribution in [2.24, 2.45) is 17.8 Å². The third kappa shape index (κ3) is 29.4. The van der Waals surface area contributed by atoms with Gasteiger partial charge in [-0.05, 0) is 57.8 Å². The number of carbonyl (C=O) groups excluding carboxylic acids is 2. The molecule has 2 amide bonds. The van der Waals surface area contributed by atoms with Crippen LogP contribution in [0, 0.1) is 17.8 Å². The van der Waals surface area contributed by atoms with Gasteiger partial charge in [0.1, 0.15) is 0 Å². The maximum atomic E-state index is 11.9. The summed E-state index contributed by atoms with van der Waals surface area (Å²) in [4.78, 5) is 22.8. The average molecular weight is 525 g/mol. The molecule has 0 aliphatic carbocycles. The molecule has 0 saturated carbocycles. The van der Waals surface area contributed by atoms with Crippen molar-refractivity contribution in [2.75, 3.05) is 6.54 Å². The summed E-state index contributed by atoms with van der Waals surface area (Å²) in [5.74, 6) is 2.95. The highest BCUT2D eigenvalue weighted by Gasteiger charge is 2.14. The second-order valence-electron chi connectivity index (χ2n) is 12.7. The predicted molar refractivity (Wildman–Crippen MR) is 164 cm³/mol. The molecule has 4 heteroatoms. The zero-order chi connectivity index (χ0) is 28.5. The fraction of sp³-hybridized carbons (Fsp3) is 0.939. The van der Waals surface area contributed by atoms with Gasteiger partial charge in [0.25, 0.3) is 0 Å². The second kappa shape index (κ2) is 25.2. The number of hydrogen-bond acceptors (Lipinski definition) is 2. The Hall–Kier alpha value is -1.06. The molecule has 0 rings (SSSR count). The van der Waals surface area contributed by atoms with Gasteiger partial charge in [0, 0.05) is 24.9 Å². The summed E-state index contributed by atoms with van der Waals surface area (Å²) in [5, 5.41) is 5.94. The highest BCUT2D eigenvalue weighted by Crippen LogP contribution is 2.26. The highest BCUT2D eigenvalue weighted by molar-refractivity contribution is 5.76. The van der Waals surface area contributed by atoms with Gasteiger partial charge in [-0.1, -0.05) is 119 Å². The lowest BCUT2D eigenvalue weighted by Gasteiger charge is -2.20. The number of rotatable bonds is 21. The van der Waals surface area contributed by atoms with Gasteiger partial charge < -0.3 is 10.6 Å². The van der Waals surface area contributed by atoms with Crippen molar-refractivity contribution in [3.05, 3.63) is 0 Å². The van der Waals surface area contributed by atoms with Gasteiger partial charge in [-0.2, -0.15) is 0 Å². The minimum atomic E-state index is -0.100. The number of unbranched alkanes of at least 4 members (excludes halogenated alkanes) is 2. The van der Waals surface area contributed by atoms with Gasteiger partial charge in [0.05, 0.1) is 0 Å². The van der Waals surface area contributed by atoms with Gasteiger partial charge in [0.2, 0.25) is 11.8 Å². The fourth-order valence-electron chi connectivity index (χ4n) is 4.98. The molecular formula is C33H68N2O2. The first-order valence-electron chi connectivity index (χ1n) is 16.1. The van der Waals surface area contributed by atoms with E-state index in [1.807, 2.05) is 27.7 Å². The van der Waals surface area contributed by atoms with Crippen LogP contribution in [0.3, 0.4) is 0 Å². The third-order valence-corrected chi connectivity index (χ3v) is 6.87. The van der Waals surface area contributed by atoms with Crippen LogP contribution in [0.5, 0.6) is 0 Å². The van der Waals surface area contributed by atoms with Crippen LogP contribution < -0.4 is 10.6 Å². The van der Waals surface area contributed by atoms with E-state index in [9.17, 15) is 9.59 Å². The zero-order valence-electron chi connectivity index (χ0n) is 26.8. The Bertz CT molecular complexity index is 519. The van der Waals surface area contributed by atoms with Crippen molar-refractivity contribution in [3.63, 3.8) is 0 Å². The minimum Gasteiger partial charge on any atom is -0.356 e. The smallest absolute Gasteiger partial charge is 0.220 e. The Morgan fingerprint density at radius 1 is 0.595 bits per heavy atom. The van der Waals surface area contributed by atoms with E-state index in [1.165, 1.54) is 77.0 Å². The maximum Gasteiger partial charge on any atom is 0.220 e. The number of amides is 2. The monoisotopic (exact) mass is 525 g/mol. The van der Waals surface area contributed by atoms with Gasteiger partial charge in [-0.15, -0.1) is 0 Å².